The number of anilines is 1. The largest absolute Gasteiger partial charge is 0.494 e. The van der Waals surface area contributed by atoms with Gasteiger partial charge in [0.05, 0.1) is 0 Å². The summed E-state index contributed by atoms with van der Waals surface area (Å²) in [5.41, 5.74) is 4.33. The topological polar surface area (TPSA) is 60.7 Å². The van der Waals surface area contributed by atoms with Gasteiger partial charge < -0.3 is 15.2 Å². The van der Waals surface area contributed by atoms with Gasteiger partial charge in [-0.15, -0.1) is 0 Å². The van der Waals surface area contributed by atoms with Crippen LogP contribution in [0.1, 0.15) is 175 Å². The molecule has 0 saturated carbocycles. The third kappa shape index (κ3) is 17.8. The number of hydrogen-bond donors (Lipinski definition) is 3. The average molecular weight is 550 g/mol. The molecule has 5 heteroatoms. The molecular formula is C34H67N3O2. The lowest BCUT2D eigenvalue weighted by atomic mass is 10.1. The maximum atomic E-state index is 11.1. The molecule has 0 radical (unpaired) electrons. The van der Waals surface area contributed by atoms with E-state index in [0.29, 0.717) is 6.54 Å². The molecule has 0 spiro atoms. The summed E-state index contributed by atoms with van der Waals surface area (Å²) in [7, 11) is 0. The van der Waals surface area contributed by atoms with Gasteiger partial charge in [-0.1, -0.05) is 156 Å². The Morgan fingerprint density at radius 1 is 0.564 bits per heavy atom. The van der Waals surface area contributed by atoms with Crippen molar-refractivity contribution in [1.29, 1.82) is 0 Å². The highest BCUT2D eigenvalue weighted by molar-refractivity contribution is 5.58. The van der Waals surface area contributed by atoms with E-state index >= 15 is 0 Å². The Hall–Kier alpha value is -1.36. The van der Waals surface area contributed by atoms with Gasteiger partial charge in [-0.3, -0.25) is 4.57 Å². The molecule has 0 amide bonds. The molecule has 0 aliphatic carbocycles. The fraction of sp³-hybridized carbons (Fsp3) is 0.882. The Balaban J connectivity index is 2.52. The molecule has 0 unspecified atom stereocenters. The van der Waals surface area contributed by atoms with Gasteiger partial charge in [0.1, 0.15) is 5.69 Å². The van der Waals surface area contributed by atoms with E-state index in [1.807, 2.05) is 0 Å². The van der Waals surface area contributed by atoms with Crippen LogP contribution < -0.4 is 10.4 Å². The van der Waals surface area contributed by atoms with Gasteiger partial charge in [0.25, 0.3) is 0 Å². The van der Waals surface area contributed by atoms with E-state index in [4.69, 9.17) is 0 Å². The Kier molecular flexibility index (Phi) is 23.4. The molecule has 5 nitrogen and oxygen atoms in total. The SMILES string of the molecule is CCCCCCCCCCNN(CCCCCCCCCC)c1cc(O)n(CCCCCCCCCC)c1O. The first-order valence-corrected chi connectivity index (χ1v) is 17.3. The first kappa shape index (κ1) is 35.7. The summed E-state index contributed by atoms with van der Waals surface area (Å²) in [6.45, 7) is 9.25. The Morgan fingerprint density at radius 3 is 1.46 bits per heavy atom. The van der Waals surface area contributed by atoms with Gasteiger partial charge >= 0.3 is 0 Å². The van der Waals surface area contributed by atoms with Crippen LogP contribution in [0.5, 0.6) is 11.8 Å². The summed E-state index contributed by atoms with van der Waals surface area (Å²) in [5, 5.41) is 23.8. The third-order valence-corrected chi connectivity index (χ3v) is 8.12. The van der Waals surface area contributed by atoms with Gasteiger partial charge in [0.15, 0.2) is 5.88 Å². The number of aromatic hydroxyl groups is 2. The maximum Gasteiger partial charge on any atom is 0.219 e. The van der Waals surface area contributed by atoms with Crippen molar-refractivity contribution in [3.05, 3.63) is 6.07 Å². The summed E-state index contributed by atoms with van der Waals surface area (Å²) in [5.74, 6) is 0.388. The second-order valence-corrected chi connectivity index (χ2v) is 11.8. The van der Waals surface area contributed by atoms with Gasteiger partial charge in [0, 0.05) is 25.7 Å². The predicted octanol–water partition coefficient (Wildman–Crippen LogP) is 10.6. The van der Waals surface area contributed by atoms with E-state index in [-0.39, 0.29) is 11.8 Å². The minimum absolute atomic E-state index is 0.181. The monoisotopic (exact) mass is 550 g/mol. The Labute approximate surface area is 243 Å². The molecule has 1 aromatic rings. The molecule has 39 heavy (non-hydrogen) atoms. The molecule has 1 heterocycles. The fourth-order valence-electron chi connectivity index (χ4n) is 5.50. The van der Waals surface area contributed by atoms with Crippen LogP contribution >= 0.6 is 0 Å². The van der Waals surface area contributed by atoms with Gasteiger partial charge in [-0.05, 0) is 19.3 Å². The van der Waals surface area contributed by atoms with Crippen molar-refractivity contribution in [3.63, 3.8) is 0 Å². The zero-order chi connectivity index (χ0) is 28.4. The van der Waals surface area contributed by atoms with E-state index < -0.39 is 0 Å². The van der Waals surface area contributed by atoms with E-state index in [1.165, 1.54) is 128 Å². The smallest absolute Gasteiger partial charge is 0.219 e. The highest BCUT2D eigenvalue weighted by Gasteiger charge is 2.19. The van der Waals surface area contributed by atoms with Crippen molar-refractivity contribution in [1.82, 2.24) is 9.99 Å². The maximum absolute atomic E-state index is 11.1. The number of nitrogens with one attached hydrogen (secondary N) is 1. The van der Waals surface area contributed by atoms with Gasteiger partial charge in [0.2, 0.25) is 5.88 Å². The Morgan fingerprint density at radius 2 is 0.974 bits per heavy atom. The van der Waals surface area contributed by atoms with Crippen LogP contribution in [-0.2, 0) is 6.54 Å². The molecule has 3 N–H and O–H groups in total. The lowest BCUT2D eigenvalue weighted by Gasteiger charge is -2.25. The average Bonchev–Trinajstić information content (AvgIpc) is 3.22. The van der Waals surface area contributed by atoms with Crippen LogP contribution in [0.25, 0.3) is 0 Å². The first-order chi connectivity index (χ1) is 19.2. The number of hydrogen-bond acceptors (Lipinski definition) is 4. The van der Waals surface area contributed by atoms with Crippen LogP contribution in [0.2, 0.25) is 0 Å². The van der Waals surface area contributed by atoms with Crippen molar-refractivity contribution in [3.8, 4) is 11.8 Å². The summed E-state index contributed by atoms with van der Waals surface area (Å²) < 4.78 is 1.70. The van der Waals surface area contributed by atoms with Crippen LogP contribution in [0.3, 0.4) is 0 Å². The normalized spacial score (nSPS) is 11.5. The molecule has 0 saturated heterocycles. The molecule has 0 atom stereocenters. The van der Waals surface area contributed by atoms with Gasteiger partial charge in [-0.25, -0.2) is 5.43 Å². The van der Waals surface area contributed by atoms with Crippen molar-refractivity contribution < 1.29 is 10.2 Å². The summed E-state index contributed by atoms with van der Waals surface area (Å²) in [4.78, 5) is 0. The fourth-order valence-corrected chi connectivity index (χ4v) is 5.50. The minimum atomic E-state index is 0.181. The van der Waals surface area contributed by atoms with Gasteiger partial charge in [-0.2, -0.15) is 0 Å². The van der Waals surface area contributed by atoms with Crippen LogP contribution in [0.4, 0.5) is 5.69 Å². The van der Waals surface area contributed by atoms with E-state index in [1.54, 1.807) is 10.6 Å². The lowest BCUT2D eigenvalue weighted by Crippen LogP contribution is -2.39. The highest BCUT2D eigenvalue weighted by Crippen LogP contribution is 2.35. The third-order valence-electron chi connectivity index (χ3n) is 8.12. The molecule has 230 valence electrons. The quantitative estimate of drug-likeness (QED) is 0.0687. The zero-order valence-corrected chi connectivity index (χ0v) is 26.5. The van der Waals surface area contributed by atoms with E-state index in [0.717, 1.165) is 44.5 Å². The first-order valence-electron chi connectivity index (χ1n) is 17.3. The summed E-state index contributed by atoms with van der Waals surface area (Å²) in [6, 6.07) is 1.76. The van der Waals surface area contributed by atoms with E-state index in [2.05, 4.69) is 31.2 Å². The van der Waals surface area contributed by atoms with E-state index in [9.17, 15) is 10.2 Å². The lowest BCUT2D eigenvalue weighted by molar-refractivity contribution is 0.361. The second-order valence-electron chi connectivity index (χ2n) is 11.8. The molecule has 0 aromatic carbocycles. The van der Waals surface area contributed by atoms with Crippen molar-refractivity contribution >= 4 is 5.69 Å². The molecule has 0 fully saturated rings. The van der Waals surface area contributed by atoms with Crippen molar-refractivity contribution in [2.45, 2.75) is 181 Å². The number of hydrazine groups is 1. The predicted molar refractivity (Wildman–Crippen MR) is 171 cm³/mol. The highest BCUT2D eigenvalue weighted by atomic mass is 16.3. The van der Waals surface area contributed by atoms with Crippen LogP contribution in [0, 0.1) is 0 Å². The molecule has 0 aliphatic rings. The second kappa shape index (κ2) is 25.6. The summed E-state index contributed by atoms with van der Waals surface area (Å²) in [6.07, 6.45) is 30.8. The molecule has 0 aliphatic heterocycles. The zero-order valence-electron chi connectivity index (χ0n) is 26.5. The Bertz CT molecular complexity index is 661. The molecule has 1 rings (SSSR count). The summed E-state index contributed by atoms with van der Waals surface area (Å²) >= 11 is 0. The number of nitrogens with zero attached hydrogens (tertiary/aromatic N) is 2. The van der Waals surface area contributed by atoms with Crippen LogP contribution in [0.15, 0.2) is 6.07 Å². The van der Waals surface area contributed by atoms with Crippen molar-refractivity contribution in [2.75, 3.05) is 18.1 Å². The molecule has 1 aromatic heterocycles. The number of aromatic nitrogens is 1. The standard InChI is InChI=1S/C34H67N3O2/c1-4-7-10-13-16-19-22-25-28-35-37(30-27-24-21-18-15-12-9-6-3)32-31-33(38)36(34(32)39)29-26-23-20-17-14-11-8-5-2/h31,35,38-39H,4-30H2,1-3H3. The van der Waals surface area contributed by atoms with Crippen LogP contribution in [-0.4, -0.2) is 27.9 Å². The van der Waals surface area contributed by atoms with Crippen molar-refractivity contribution in [2.24, 2.45) is 0 Å². The molecular weight excluding hydrogens is 482 g/mol. The number of rotatable bonds is 29. The number of unbranched alkanes of at least 4 members (excludes halogenated alkanes) is 21. The molecule has 0 bridgehead atoms. The minimum Gasteiger partial charge on any atom is -0.494 e.